The van der Waals surface area contributed by atoms with Gasteiger partial charge in [0.25, 0.3) is 0 Å². The van der Waals surface area contributed by atoms with E-state index in [-0.39, 0.29) is 6.03 Å². The molecule has 6 heteroatoms. The predicted octanol–water partition coefficient (Wildman–Crippen LogP) is 4.10. The highest BCUT2D eigenvalue weighted by atomic mass is 32.1. The van der Waals surface area contributed by atoms with Crippen LogP contribution in [0.5, 0.6) is 0 Å². The molecular formula is C17H28N4OS. The fourth-order valence-corrected chi connectivity index (χ4v) is 4.68. The molecule has 2 amide bonds. The van der Waals surface area contributed by atoms with Crippen LogP contribution in [-0.4, -0.2) is 28.0 Å². The van der Waals surface area contributed by atoms with Gasteiger partial charge in [-0.3, -0.25) is 5.32 Å². The molecule has 0 saturated heterocycles. The second-order valence-electron chi connectivity index (χ2n) is 6.77. The van der Waals surface area contributed by atoms with Crippen molar-refractivity contribution >= 4 is 22.5 Å². The van der Waals surface area contributed by atoms with Crippen molar-refractivity contribution in [3.8, 4) is 0 Å². The predicted molar refractivity (Wildman–Crippen MR) is 94.6 cm³/mol. The van der Waals surface area contributed by atoms with E-state index < -0.39 is 0 Å². The Bertz CT molecular complexity index is 488. The Morgan fingerprint density at radius 2 is 1.70 bits per heavy atom. The summed E-state index contributed by atoms with van der Waals surface area (Å²) in [4.78, 5) is 19.5. The van der Waals surface area contributed by atoms with Crippen LogP contribution < -0.4 is 11.1 Å². The molecule has 0 bridgehead atoms. The van der Waals surface area contributed by atoms with E-state index in [2.05, 4.69) is 15.2 Å². The Balaban J connectivity index is 1.71. The van der Waals surface area contributed by atoms with Crippen molar-refractivity contribution in [1.29, 1.82) is 0 Å². The molecule has 0 radical (unpaired) electrons. The minimum Gasteiger partial charge on any atom is -0.325 e. The zero-order valence-electron chi connectivity index (χ0n) is 13.8. The van der Waals surface area contributed by atoms with Crippen molar-refractivity contribution in [2.24, 2.45) is 5.73 Å². The molecule has 23 heavy (non-hydrogen) atoms. The van der Waals surface area contributed by atoms with Crippen LogP contribution in [0, 0.1) is 0 Å². The van der Waals surface area contributed by atoms with Crippen LogP contribution in [0.3, 0.4) is 0 Å². The number of aromatic nitrogens is 1. The smallest absolute Gasteiger partial charge is 0.324 e. The molecule has 3 N–H and O–H groups in total. The summed E-state index contributed by atoms with van der Waals surface area (Å²) in [6, 6.07) is 0.850. The Morgan fingerprint density at radius 1 is 1.13 bits per heavy atom. The number of rotatable bonds is 4. The maximum absolute atomic E-state index is 13.0. The van der Waals surface area contributed by atoms with Crippen LogP contribution in [0.1, 0.15) is 69.9 Å². The average Bonchev–Trinajstić information content (AvgIpc) is 3.04. The first-order valence-corrected chi connectivity index (χ1v) is 9.89. The molecule has 1 heterocycles. The van der Waals surface area contributed by atoms with Crippen LogP contribution in [-0.2, 0) is 6.54 Å². The topological polar surface area (TPSA) is 71.2 Å². The minimum absolute atomic E-state index is 0.0433. The lowest BCUT2D eigenvalue weighted by Gasteiger charge is -2.41. The Hall–Kier alpha value is -1.14. The SMILES string of the molecule is NCc1csc(NC(=O)N(C2CCCCC2)C2CCCCC2)n1. The summed E-state index contributed by atoms with van der Waals surface area (Å²) in [5, 5.41) is 5.62. The zero-order chi connectivity index (χ0) is 16.1. The monoisotopic (exact) mass is 336 g/mol. The van der Waals surface area contributed by atoms with E-state index in [1.807, 2.05) is 5.38 Å². The van der Waals surface area contributed by atoms with Gasteiger partial charge in [0.15, 0.2) is 5.13 Å². The molecule has 0 aromatic carbocycles. The van der Waals surface area contributed by atoms with Crippen molar-refractivity contribution < 1.29 is 4.79 Å². The van der Waals surface area contributed by atoms with Gasteiger partial charge in [0.05, 0.1) is 5.69 Å². The van der Waals surface area contributed by atoms with Gasteiger partial charge >= 0.3 is 6.03 Å². The number of carbonyl (C=O) groups excluding carboxylic acids is 1. The summed E-state index contributed by atoms with van der Waals surface area (Å²) < 4.78 is 0. The molecule has 2 fully saturated rings. The van der Waals surface area contributed by atoms with Crippen LogP contribution in [0.15, 0.2) is 5.38 Å². The van der Waals surface area contributed by atoms with Gasteiger partial charge in [-0.25, -0.2) is 9.78 Å². The lowest BCUT2D eigenvalue weighted by molar-refractivity contribution is 0.114. The second kappa shape index (κ2) is 8.11. The van der Waals surface area contributed by atoms with Crippen LogP contribution >= 0.6 is 11.3 Å². The van der Waals surface area contributed by atoms with E-state index in [0.29, 0.717) is 23.8 Å². The number of urea groups is 1. The Kier molecular flexibility index (Phi) is 5.89. The standard InChI is InChI=1S/C17H28N4OS/c18-11-13-12-23-16(19-13)20-17(22)21(14-7-3-1-4-8-14)15-9-5-2-6-10-15/h12,14-15H,1-11,18H2,(H,19,20,22). The number of anilines is 1. The van der Waals surface area contributed by atoms with Gasteiger partial charge in [0.2, 0.25) is 0 Å². The van der Waals surface area contributed by atoms with Gasteiger partial charge < -0.3 is 10.6 Å². The largest absolute Gasteiger partial charge is 0.325 e. The molecule has 0 atom stereocenters. The number of nitrogens with one attached hydrogen (secondary N) is 1. The summed E-state index contributed by atoms with van der Waals surface area (Å²) in [7, 11) is 0. The summed E-state index contributed by atoms with van der Waals surface area (Å²) in [6.45, 7) is 0.418. The van der Waals surface area contributed by atoms with Gasteiger partial charge in [-0.15, -0.1) is 11.3 Å². The molecular weight excluding hydrogens is 308 g/mol. The minimum atomic E-state index is 0.0433. The van der Waals surface area contributed by atoms with E-state index in [4.69, 9.17) is 5.73 Å². The summed E-state index contributed by atoms with van der Waals surface area (Å²) in [6.07, 6.45) is 12.2. The molecule has 0 unspecified atom stereocenters. The molecule has 5 nitrogen and oxygen atoms in total. The summed E-state index contributed by atoms with van der Waals surface area (Å²) in [5.74, 6) is 0. The van der Waals surface area contributed by atoms with Crippen LogP contribution in [0.25, 0.3) is 0 Å². The van der Waals surface area contributed by atoms with Gasteiger partial charge in [-0.1, -0.05) is 38.5 Å². The number of nitrogens with zero attached hydrogens (tertiary/aromatic N) is 2. The molecule has 0 spiro atoms. The second-order valence-corrected chi connectivity index (χ2v) is 7.63. The number of hydrogen-bond donors (Lipinski definition) is 2. The molecule has 2 saturated carbocycles. The number of amides is 2. The van der Waals surface area contributed by atoms with Gasteiger partial charge in [-0.2, -0.15) is 0 Å². The van der Waals surface area contributed by atoms with Crippen LogP contribution in [0.4, 0.5) is 9.93 Å². The molecule has 3 rings (SSSR count). The lowest BCUT2D eigenvalue weighted by Crippen LogP contribution is -2.50. The van der Waals surface area contributed by atoms with E-state index in [0.717, 1.165) is 31.4 Å². The number of hydrogen-bond acceptors (Lipinski definition) is 4. The van der Waals surface area contributed by atoms with E-state index in [1.165, 1.54) is 49.9 Å². The molecule has 2 aliphatic carbocycles. The molecule has 2 aliphatic rings. The van der Waals surface area contributed by atoms with Crippen molar-refractivity contribution in [3.63, 3.8) is 0 Å². The molecule has 1 aromatic rings. The Morgan fingerprint density at radius 3 is 2.17 bits per heavy atom. The highest BCUT2D eigenvalue weighted by molar-refractivity contribution is 7.13. The third kappa shape index (κ3) is 4.23. The quantitative estimate of drug-likeness (QED) is 0.869. The normalized spacial score (nSPS) is 20.4. The van der Waals surface area contributed by atoms with Gasteiger partial charge in [0.1, 0.15) is 0 Å². The van der Waals surface area contributed by atoms with Crippen molar-refractivity contribution in [1.82, 2.24) is 9.88 Å². The summed E-state index contributed by atoms with van der Waals surface area (Å²) >= 11 is 1.46. The van der Waals surface area contributed by atoms with E-state index in [9.17, 15) is 4.79 Å². The van der Waals surface area contributed by atoms with Gasteiger partial charge in [-0.05, 0) is 25.7 Å². The molecule has 0 aliphatic heterocycles. The Labute approximate surface area is 142 Å². The molecule has 128 valence electrons. The third-order valence-electron chi connectivity index (χ3n) is 5.15. The first kappa shape index (κ1) is 16.7. The number of nitrogens with two attached hydrogens (primary N) is 1. The average molecular weight is 337 g/mol. The number of thiazole rings is 1. The van der Waals surface area contributed by atoms with Crippen LogP contribution in [0.2, 0.25) is 0 Å². The van der Waals surface area contributed by atoms with Crippen molar-refractivity contribution in [2.45, 2.75) is 82.8 Å². The van der Waals surface area contributed by atoms with Crippen molar-refractivity contribution in [2.75, 3.05) is 5.32 Å². The molecule has 1 aromatic heterocycles. The highest BCUT2D eigenvalue weighted by Gasteiger charge is 2.32. The lowest BCUT2D eigenvalue weighted by atomic mass is 9.89. The highest BCUT2D eigenvalue weighted by Crippen LogP contribution is 2.31. The van der Waals surface area contributed by atoms with Crippen molar-refractivity contribution in [3.05, 3.63) is 11.1 Å². The first-order chi connectivity index (χ1) is 11.3. The first-order valence-electron chi connectivity index (χ1n) is 9.01. The zero-order valence-corrected chi connectivity index (χ0v) is 14.6. The maximum Gasteiger partial charge on any atom is 0.324 e. The van der Waals surface area contributed by atoms with Gasteiger partial charge in [0, 0.05) is 24.0 Å². The maximum atomic E-state index is 13.0. The number of carbonyl (C=O) groups is 1. The third-order valence-corrected chi connectivity index (χ3v) is 5.95. The fourth-order valence-electron chi connectivity index (χ4n) is 3.96. The summed E-state index contributed by atoms with van der Waals surface area (Å²) in [5.41, 5.74) is 6.45. The fraction of sp³-hybridized carbons (Fsp3) is 0.765. The van der Waals surface area contributed by atoms with E-state index >= 15 is 0 Å². The van der Waals surface area contributed by atoms with E-state index in [1.54, 1.807) is 0 Å².